The Morgan fingerprint density at radius 2 is 1.96 bits per heavy atom. The van der Waals surface area contributed by atoms with E-state index in [0.717, 1.165) is 10.4 Å². The number of carbonyl (C=O) groups excluding carboxylic acids is 1. The predicted octanol–water partition coefficient (Wildman–Crippen LogP) is 2.78. The fourth-order valence-electron chi connectivity index (χ4n) is 2.25. The lowest BCUT2D eigenvalue weighted by molar-refractivity contribution is -0.122. The molecule has 0 spiro atoms. The molecule has 10 heteroatoms. The van der Waals surface area contributed by atoms with E-state index in [0.29, 0.717) is 0 Å². The number of sulfonamides is 1. The topological polar surface area (TPSA) is 99.5 Å². The Hall–Kier alpha value is -2.31. The van der Waals surface area contributed by atoms with Crippen molar-refractivity contribution in [2.45, 2.75) is 4.90 Å². The number of amides is 1. The summed E-state index contributed by atoms with van der Waals surface area (Å²) >= 11 is 11.8. The smallest absolute Gasteiger partial charge is 0.247 e. The van der Waals surface area contributed by atoms with E-state index in [1.165, 1.54) is 0 Å². The van der Waals surface area contributed by atoms with E-state index in [-0.39, 0.29) is 13.1 Å². The number of rotatable bonds is 4. The van der Waals surface area contributed by atoms with Crippen LogP contribution in [0, 0.1) is 11.3 Å². The average molecular weight is 431 g/mol. The molecular weight excluding hydrogens is 413 g/mol. The first-order valence-corrected chi connectivity index (χ1v) is 9.55. The molecule has 1 aliphatic rings. The van der Waals surface area contributed by atoms with E-state index in [2.05, 4.69) is 5.32 Å². The molecule has 0 aliphatic carbocycles. The van der Waals surface area contributed by atoms with Crippen LogP contribution in [0.5, 0.6) is 11.5 Å². The maximum Gasteiger partial charge on any atom is 0.247 e. The minimum Gasteiger partial charge on any atom is -0.456 e. The molecule has 1 N–H and O–H groups in total. The number of hydrogen-bond acceptors (Lipinski definition) is 5. The van der Waals surface area contributed by atoms with Crippen molar-refractivity contribution in [1.29, 1.82) is 5.26 Å². The number of benzene rings is 2. The fraction of sp³-hybridized carbons (Fsp3) is 0.176. The summed E-state index contributed by atoms with van der Waals surface area (Å²) in [6, 6.07) is -0.796. The number of nitrogens with zero attached hydrogens (tertiary/aromatic N) is 2. The molecule has 1 aliphatic heterocycles. The standard InChI is InChI=1S/C17H13Cl2N3O4S/c18-12-6-13(19)8-14(7-12)26-15-2-1-11(9-20)5-16(15)27(24,25)22-4-3-21-17(23)10-22/h1-2,5-8H,3-4,10H2,(H,21,23)/i1D,2D,6D,7D,8D. The van der Waals surface area contributed by atoms with Crippen molar-refractivity contribution >= 4 is 39.1 Å². The number of nitrogens with one attached hydrogen (secondary N) is 1. The molecule has 2 aromatic rings. The van der Waals surface area contributed by atoms with Gasteiger partial charge in [0.2, 0.25) is 15.9 Å². The lowest BCUT2D eigenvalue weighted by Crippen LogP contribution is -2.49. The van der Waals surface area contributed by atoms with Gasteiger partial charge >= 0.3 is 0 Å². The average Bonchev–Trinajstić information content (AvgIpc) is 2.76. The van der Waals surface area contributed by atoms with Crippen LogP contribution in [0.3, 0.4) is 0 Å². The van der Waals surface area contributed by atoms with Crippen molar-refractivity contribution in [3.8, 4) is 17.6 Å². The van der Waals surface area contributed by atoms with Crippen molar-refractivity contribution in [3.05, 3.63) is 51.9 Å². The Balaban J connectivity index is 2.27. The van der Waals surface area contributed by atoms with Gasteiger partial charge < -0.3 is 10.1 Å². The molecule has 0 saturated carbocycles. The van der Waals surface area contributed by atoms with Gasteiger partial charge in [0.05, 0.1) is 25.0 Å². The van der Waals surface area contributed by atoms with Gasteiger partial charge in [-0.1, -0.05) is 23.2 Å². The summed E-state index contributed by atoms with van der Waals surface area (Å²) < 4.78 is 72.8. The van der Waals surface area contributed by atoms with Crippen LogP contribution in [0.25, 0.3) is 0 Å². The zero-order valence-electron chi connectivity index (χ0n) is 18.4. The van der Waals surface area contributed by atoms with Crippen LogP contribution in [-0.4, -0.2) is 38.3 Å². The minimum atomic E-state index is -4.50. The fourth-order valence-corrected chi connectivity index (χ4v) is 4.15. The third-order valence-corrected chi connectivity index (χ3v) is 5.65. The molecule has 1 fully saturated rings. The molecule has 0 atom stereocenters. The number of ether oxygens (including phenoxy) is 1. The predicted molar refractivity (Wildman–Crippen MR) is 99.5 cm³/mol. The summed E-state index contributed by atoms with van der Waals surface area (Å²) in [6.45, 7) is -0.574. The quantitative estimate of drug-likeness (QED) is 0.803. The second kappa shape index (κ2) is 7.74. The Kier molecular flexibility index (Phi) is 3.96. The van der Waals surface area contributed by atoms with Gasteiger partial charge in [-0.3, -0.25) is 4.79 Å². The summed E-state index contributed by atoms with van der Waals surface area (Å²) in [5.74, 6) is -1.94. The molecule has 2 aromatic carbocycles. The Labute approximate surface area is 173 Å². The van der Waals surface area contributed by atoms with Gasteiger partial charge in [-0.25, -0.2) is 8.42 Å². The first kappa shape index (κ1) is 13.8. The van der Waals surface area contributed by atoms with Crippen LogP contribution in [0.2, 0.25) is 10.0 Å². The highest BCUT2D eigenvalue weighted by Crippen LogP contribution is 2.34. The largest absolute Gasteiger partial charge is 0.456 e. The van der Waals surface area contributed by atoms with Crippen molar-refractivity contribution in [1.82, 2.24) is 9.62 Å². The molecule has 140 valence electrons. The zero-order chi connectivity index (χ0) is 24.0. The molecule has 0 bridgehead atoms. The molecule has 0 radical (unpaired) electrons. The highest BCUT2D eigenvalue weighted by atomic mass is 35.5. The molecule has 0 unspecified atom stereocenters. The van der Waals surface area contributed by atoms with Crippen molar-refractivity contribution in [3.63, 3.8) is 0 Å². The van der Waals surface area contributed by atoms with Gasteiger partial charge in [-0.2, -0.15) is 9.57 Å². The number of hydrogen-bond donors (Lipinski definition) is 1. The first-order chi connectivity index (χ1) is 14.9. The van der Waals surface area contributed by atoms with Crippen LogP contribution in [0.1, 0.15) is 12.4 Å². The molecule has 1 amide bonds. The number of piperazine rings is 1. The summed E-state index contributed by atoms with van der Waals surface area (Å²) in [5.41, 5.74) is -0.433. The van der Waals surface area contributed by atoms with Crippen molar-refractivity contribution < 1.29 is 24.8 Å². The monoisotopic (exact) mass is 430 g/mol. The molecule has 3 rings (SSSR count). The van der Waals surface area contributed by atoms with E-state index in [1.807, 2.05) is 0 Å². The molecule has 7 nitrogen and oxygen atoms in total. The third kappa shape index (κ3) is 4.34. The molecular formula is C17H13Cl2N3O4S. The highest BCUT2D eigenvalue weighted by Gasteiger charge is 2.32. The molecule has 1 heterocycles. The third-order valence-electron chi connectivity index (χ3n) is 3.42. The zero-order valence-corrected chi connectivity index (χ0v) is 15.7. The van der Waals surface area contributed by atoms with Crippen LogP contribution < -0.4 is 10.1 Å². The molecule has 27 heavy (non-hydrogen) atoms. The minimum absolute atomic E-state index is 0.0353. The van der Waals surface area contributed by atoms with Gasteiger partial charge in [-0.15, -0.1) is 0 Å². The van der Waals surface area contributed by atoms with Crippen LogP contribution in [0.15, 0.2) is 41.2 Å². The normalized spacial score (nSPS) is 17.7. The summed E-state index contributed by atoms with van der Waals surface area (Å²) in [5, 5.41) is 10.8. The number of nitriles is 1. The lowest BCUT2D eigenvalue weighted by atomic mass is 10.2. The Morgan fingerprint density at radius 3 is 2.59 bits per heavy atom. The van der Waals surface area contributed by atoms with E-state index in [4.69, 9.17) is 34.8 Å². The second-order valence-electron chi connectivity index (χ2n) is 5.24. The van der Waals surface area contributed by atoms with E-state index in [9.17, 15) is 18.5 Å². The van der Waals surface area contributed by atoms with Gasteiger partial charge in [0.15, 0.2) is 0 Å². The van der Waals surface area contributed by atoms with Crippen LogP contribution in [0.4, 0.5) is 0 Å². The van der Waals surface area contributed by atoms with Gasteiger partial charge in [0.25, 0.3) is 0 Å². The lowest BCUT2D eigenvalue weighted by Gasteiger charge is -2.26. The summed E-state index contributed by atoms with van der Waals surface area (Å²) in [7, 11) is -4.50. The van der Waals surface area contributed by atoms with E-state index in [1.54, 1.807) is 6.07 Å². The molecule has 0 aromatic heterocycles. The van der Waals surface area contributed by atoms with Gasteiger partial charge in [0.1, 0.15) is 16.4 Å². The Morgan fingerprint density at radius 1 is 1.26 bits per heavy atom. The maximum absolute atomic E-state index is 13.3. The van der Waals surface area contributed by atoms with E-state index >= 15 is 0 Å². The highest BCUT2D eigenvalue weighted by molar-refractivity contribution is 7.89. The summed E-state index contributed by atoms with van der Waals surface area (Å²) in [4.78, 5) is 11.0. The number of carbonyl (C=O) groups is 1. The first-order valence-electron chi connectivity index (χ1n) is 9.85. The van der Waals surface area contributed by atoms with Crippen LogP contribution >= 0.6 is 23.2 Å². The second-order valence-corrected chi connectivity index (χ2v) is 7.90. The van der Waals surface area contributed by atoms with Gasteiger partial charge in [-0.05, 0) is 36.3 Å². The van der Waals surface area contributed by atoms with Gasteiger partial charge in [0, 0.05) is 23.1 Å². The number of halogens is 2. The SMILES string of the molecule is [2H]c1c(C#N)cc(S(=O)(=O)N2CCNC(=O)C2)c(Oc2c([2H])c(Cl)c([2H])c(Cl)c2[2H])c1[2H]. The van der Waals surface area contributed by atoms with Crippen LogP contribution in [-0.2, 0) is 14.8 Å². The Bertz CT molecular complexity index is 1270. The molecule has 1 saturated heterocycles. The van der Waals surface area contributed by atoms with Crippen molar-refractivity contribution in [2.75, 3.05) is 19.6 Å². The van der Waals surface area contributed by atoms with E-state index < -0.39 is 84.7 Å². The summed E-state index contributed by atoms with van der Waals surface area (Å²) in [6.07, 6.45) is 0. The van der Waals surface area contributed by atoms with Crippen molar-refractivity contribution in [2.24, 2.45) is 0 Å². The maximum atomic E-state index is 13.3.